The number of hydrogen-bond acceptors (Lipinski definition) is 4. The molecule has 4 nitrogen and oxygen atoms in total. The Morgan fingerprint density at radius 2 is 1.72 bits per heavy atom. The largest absolute Gasteiger partial charge is 0.504 e. The van der Waals surface area contributed by atoms with Gasteiger partial charge in [-0.05, 0) is 54.6 Å². The molecule has 0 aliphatic rings. The highest BCUT2D eigenvalue weighted by molar-refractivity contribution is 6.30. The van der Waals surface area contributed by atoms with Crippen LogP contribution in [-0.4, -0.2) is 18.4 Å². The van der Waals surface area contributed by atoms with E-state index in [0.717, 1.165) is 6.07 Å². The number of aromatic hydroxyl groups is 1. The van der Waals surface area contributed by atoms with Crippen molar-refractivity contribution in [2.75, 3.05) is 7.11 Å². The third-order valence-electron chi connectivity index (χ3n) is 3.91. The predicted octanol–water partition coefficient (Wildman–Crippen LogP) is 6.62. The fourth-order valence-electron chi connectivity index (χ4n) is 2.49. The van der Waals surface area contributed by atoms with Crippen molar-refractivity contribution in [1.29, 1.82) is 0 Å². The van der Waals surface area contributed by atoms with Gasteiger partial charge in [-0.2, -0.15) is 13.2 Å². The van der Waals surface area contributed by atoms with Gasteiger partial charge in [0, 0.05) is 16.8 Å². The number of para-hydroxylation sites is 1. The van der Waals surface area contributed by atoms with E-state index in [-0.39, 0.29) is 28.7 Å². The number of ether oxygens (including phenoxy) is 2. The number of nitrogens with zero attached hydrogens (tertiary/aromatic N) is 1. The zero-order chi connectivity index (χ0) is 21.0. The van der Waals surface area contributed by atoms with Crippen LogP contribution in [0.4, 0.5) is 18.9 Å². The molecular weight excluding hydrogens is 407 g/mol. The van der Waals surface area contributed by atoms with Crippen molar-refractivity contribution >= 4 is 23.5 Å². The summed E-state index contributed by atoms with van der Waals surface area (Å²) in [4.78, 5) is 4.03. The van der Waals surface area contributed by atoms with Gasteiger partial charge < -0.3 is 14.6 Å². The fourth-order valence-corrected chi connectivity index (χ4v) is 2.62. The molecule has 29 heavy (non-hydrogen) atoms. The summed E-state index contributed by atoms with van der Waals surface area (Å²) in [5.74, 6) is -0.0606. The van der Waals surface area contributed by atoms with E-state index in [1.807, 2.05) is 0 Å². The third kappa shape index (κ3) is 5.00. The lowest BCUT2D eigenvalue weighted by Crippen LogP contribution is -2.07. The molecule has 8 heteroatoms. The van der Waals surface area contributed by atoms with Gasteiger partial charge in [-0.25, -0.2) is 0 Å². The van der Waals surface area contributed by atoms with E-state index >= 15 is 0 Å². The van der Waals surface area contributed by atoms with E-state index in [1.54, 1.807) is 18.2 Å². The number of aliphatic imine (C=N–C) groups is 1. The van der Waals surface area contributed by atoms with Crippen LogP contribution in [-0.2, 0) is 6.18 Å². The number of benzene rings is 3. The smallest absolute Gasteiger partial charge is 0.420 e. The predicted molar refractivity (Wildman–Crippen MR) is 105 cm³/mol. The summed E-state index contributed by atoms with van der Waals surface area (Å²) in [5.41, 5.74) is -0.626. The summed E-state index contributed by atoms with van der Waals surface area (Å²) >= 11 is 5.78. The van der Waals surface area contributed by atoms with E-state index in [4.69, 9.17) is 21.1 Å². The van der Waals surface area contributed by atoms with Crippen LogP contribution in [0, 0.1) is 0 Å². The SMILES string of the molecule is COc1cccc(C=Nc2ccc(Oc3ccc(Cl)cc3)c(C(F)(F)F)c2)c1O. The van der Waals surface area contributed by atoms with Crippen LogP contribution in [0.1, 0.15) is 11.1 Å². The molecule has 0 radical (unpaired) electrons. The molecule has 0 saturated heterocycles. The van der Waals surface area contributed by atoms with Crippen molar-refractivity contribution < 1.29 is 27.8 Å². The Morgan fingerprint density at radius 3 is 2.38 bits per heavy atom. The first kappa shape index (κ1) is 20.5. The highest BCUT2D eigenvalue weighted by Crippen LogP contribution is 2.40. The maximum atomic E-state index is 13.5. The summed E-state index contributed by atoms with van der Waals surface area (Å²) < 4.78 is 50.9. The molecule has 0 aromatic heterocycles. The highest BCUT2D eigenvalue weighted by Gasteiger charge is 2.35. The maximum absolute atomic E-state index is 13.5. The zero-order valence-corrected chi connectivity index (χ0v) is 15.8. The lowest BCUT2D eigenvalue weighted by atomic mass is 10.1. The Kier molecular flexibility index (Phi) is 5.98. The molecule has 0 heterocycles. The number of methoxy groups -OCH3 is 1. The van der Waals surface area contributed by atoms with E-state index in [2.05, 4.69) is 4.99 Å². The Hall–Kier alpha value is -3.19. The number of phenols is 1. The quantitative estimate of drug-likeness (QED) is 0.471. The van der Waals surface area contributed by atoms with E-state index in [0.29, 0.717) is 10.6 Å². The molecule has 1 N–H and O–H groups in total. The van der Waals surface area contributed by atoms with Crippen molar-refractivity contribution in [3.63, 3.8) is 0 Å². The second-order valence-electron chi connectivity index (χ2n) is 5.89. The van der Waals surface area contributed by atoms with Crippen LogP contribution in [0.3, 0.4) is 0 Å². The van der Waals surface area contributed by atoms with E-state index in [1.165, 1.54) is 49.7 Å². The molecule has 0 aliphatic heterocycles. The van der Waals surface area contributed by atoms with Gasteiger partial charge in [0.15, 0.2) is 11.5 Å². The van der Waals surface area contributed by atoms with Crippen molar-refractivity contribution in [2.45, 2.75) is 6.18 Å². The number of phenolic OH excluding ortho intramolecular Hbond substituents is 1. The summed E-state index contributed by atoms with van der Waals surface area (Å²) in [5, 5.41) is 10.5. The number of rotatable bonds is 5. The molecule has 3 aromatic carbocycles. The molecule has 150 valence electrons. The van der Waals surface area contributed by atoms with E-state index < -0.39 is 11.7 Å². The lowest BCUT2D eigenvalue weighted by Gasteiger charge is -2.14. The average molecular weight is 422 g/mol. The number of hydrogen-bond donors (Lipinski definition) is 1. The average Bonchev–Trinajstić information content (AvgIpc) is 2.69. The van der Waals surface area contributed by atoms with Crippen molar-refractivity contribution in [3.8, 4) is 23.0 Å². The van der Waals surface area contributed by atoms with Crippen LogP contribution >= 0.6 is 11.6 Å². The first-order valence-corrected chi connectivity index (χ1v) is 8.70. The summed E-state index contributed by atoms with van der Waals surface area (Å²) in [6, 6.07) is 14.2. The normalized spacial score (nSPS) is 11.6. The lowest BCUT2D eigenvalue weighted by molar-refractivity contribution is -0.138. The molecule has 3 rings (SSSR count). The minimum atomic E-state index is -4.65. The van der Waals surface area contributed by atoms with Crippen molar-refractivity contribution in [1.82, 2.24) is 0 Å². The molecule has 0 aliphatic carbocycles. The van der Waals surface area contributed by atoms with Gasteiger partial charge in [0.05, 0.1) is 12.8 Å². The van der Waals surface area contributed by atoms with Crippen LogP contribution in [0.25, 0.3) is 0 Å². The fraction of sp³-hybridized carbons (Fsp3) is 0.0952. The van der Waals surface area contributed by atoms with Crippen molar-refractivity contribution in [3.05, 3.63) is 76.8 Å². The molecule has 0 saturated carbocycles. The maximum Gasteiger partial charge on any atom is 0.420 e. The zero-order valence-electron chi connectivity index (χ0n) is 15.1. The van der Waals surface area contributed by atoms with Crippen LogP contribution in [0.5, 0.6) is 23.0 Å². The molecule has 0 bridgehead atoms. The Morgan fingerprint density at radius 1 is 1.00 bits per heavy atom. The van der Waals surface area contributed by atoms with Crippen LogP contribution < -0.4 is 9.47 Å². The molecule has 0 spiro atoms. The van der Waals surface area contributed by atoms with Gasteiger partial charge in [-0.3, -0.25) is 4.99 Å². The van der Waals surface area contributed by atoms with Gasteiger partial charge in [0.1, 0.15) is 17.1 Å². The molecule has 0 atom stereocenters. The second-order valence-corrected chi connectivity index (χ2v) is 6.33. The summed E-state index contributed by atoms with van der Waals surface area (Å²) in [7, 11) is 1.39. The first-order valence-electron chi connectivity index (χ1n) is 8.32. The topological polar surface area (TPSA) is 51.0 Å². The standard InChI is InChI=1S/C21H15ClF3NO3/c1-28-19-4-2-3-13(20(19)27)12-26-15-7-10-18(17(11-15)21(23,24)25)29-16-8-5-14(22)6-9-16/h2-12,27H,1H3. The monoisotopic (exact) mass is 421 g/mol. The minimum absolute atomic E-state index is 0.0444. The van der Waals surface area contributed by atoms with E-state index in [9.17, 15) is 18.3 Å². The van der Waals surface area contributed by atoms with Gasteiger partial charge in [0.25, 0.3) is 0 Å². The van der Waals surface area contributed by atoms with Gasteiger partial charge in [-0.1, -0.05) is 17.7 Å². The Bertz CT molecular complexity index is 1030. The Balaban J connectivity index is 1.92. The van der Waals surface area contributed by atoms with Crippen LogP contribution in [0.15, 0.2) is 65.7 Å². The third-order valence-corrected chi connectivity index (χ3v) is 4.16. The number of halogens is 4. The Labute approximate surface area is 169 Å². The molecule has 0 unspecified atom stereocenters. The van der Waals surface area contributed by atoms with Gasteiger partial charge in [0.2, 0.25) is 0 Å². The molecule has 0 amide bonds. The minimum Gasteiger partial charge on any atom is -0.504 e. The molecule has 0 fully saturated rings. The second kappa shape index (κ2) is 8.45. The first-order chi connectivity index (χ1) is 13.8. The molecular formula is C21H15ClF3NO3. The number of alkyl halides is 3. The van der Waals surface area contributed by atoms with Gasteiger partial charge in [-0.15, -0.1) is 0 Å². The highest BCUT2D eigenvalue weighted by atomic mass is 35.5. The van der Waals surface area contributed by atoms with Crippen molar-refractivity contribution in [2.24, 2.45) is 4.99 Å². The molecule has 3 aromatic rings. The summed E-state index contributed by atoms with van der Waals surface area (Å²) in [6.45, 7) is 0. The summed E-state index contributed by atoms with van der Waals surface area (Å²) in [6.07, 6.45) is -3.39. The van der Waals surface area contributed by atoms with Gasteiger partial charge >= 0.3 is 6.18 Å². The van der Waals surface area contributed by atoms with Crippen LogP contribution in [0.2, 0.25) is 5.02 Å².